The number of piperidine rings is 1. The van der Waals surface area contributed by atoms with Crippen molar-refractivity contribution >= 4 is 46.0 Å². The quantitative estimate of drug-likeness (QED) is 0.0596. The molecule has 3 N–H and O–H groups in total. The number of nitro groups is 1. The Morgan fingerprint density at radius 1 is 1.07 bits per heavy atom. The van der Waals surface area contributed by atoms with E-state index in [2.05, 4.69) is 67.9 Å². The molecule has 1 saturated carbocycles. The largest absolute Gasteiger partial charge is 0.452 e. The van der Waals surface area contributed by atoms with Crippen LogP contribution in [0.25, 0.3) is 11.0 Å². The van der Waals surface area contributed by atoms with Crippen LogP contribution >= 0.6 is 11.9 Å². The second kappa shape index (κ2) is 17.7. The Balaban J connectivity index is 0.891. The molecule has 0 bridgehead atoms. The summed E-state index contributed by atoms with van der Waals surface area (Å²) in [5.74, 6) is -0.253. The fraction of sp³-hybridized carbons (Fsp3) is 0.447. The van der Waals surface area contributed by atoms with Crippen molar-refractivity contribution in [1.29, 1.82) is 0 Å². The number of nitrogens with zero attached hydrogens (tertiary/aromatic N) is 4. The number of rotatable bonds is 13. The van der Waals surface area contributed by atoms with Gasteiger partial charge in [0.15, 0.2) is 11.6 Å². The summed E-state index contributed by atoms with van der Waals surface area (Å²) in [6.07, 6.45) is 11.8. The number of ether oxygens (including phenoxy) is 2. The molecule has 3 saturated heterocycles. The number of halogens is 1. The highest BCUT2D eigenvalue weighted by atomic mass is 32.2. The third kappa shape index (κ3) is 8.67. The van der Waals surface area contributed by atoms with Crippen LogP contribution in [-0.2, 0) is 4.74 Å². The Hall–Kier alpha value is -5.18. The molecule has 2 aromatic heterocycles. The SMILES string of the molecule is CC(C)c1ccccc1C1CCCN1C1CC2(CCN(c3ccc(C(=O)NSc4ccc(NCC5CCOCC5)c([N+](=O)[O-])c4)c(Oc4cnc5[nH]ccc5c4)c3F)CC2)C1. The number of fused-ring (bicyclic) bond motifs is 1. The number of nitro benzene ring substituents is 1. The molecule has 4 aliphatic rings. The monoisotopic (exact) mass is 847 g/mol. The highest BCUT2D eigenvalue weighted by molar-refractivity contribution is 7.98. The van der Waals surface area contributed by atoms with Crippen molar-refractivity contribution in [2.24, 2.45) is 11.3 Å². The molecule has 9 rings (SSSR count). The molecule has 0 radical (unpaired) electrons. The predicted octanol–water partition coefficient (Wildman–Crippen LogP) is 10.4. The number of hydrogen-bond donors (Lipinski definition) is 3. The van der Waals surface area contributed by atoms with E-state index in [0.717, 1.165) is 49.6 Å². The van der Waals surface area contributed by atoms with Gasteiger partial charge in [0, 0.05) is 67.5 Å². The van der Waals surface area contributed by atoms with Gasteiger partial charge in [-0.1, -0.05) is 38.1 Å². The molecular weight excluding hydrogens is 794 g/mol. The number of likely N-dealkylation sites (tertiary alicyclic amines) is 1. The Bertz CT molecular complexity index is 2390. The lowest BCUT2D eigenvalue weighted by Crippen LogP contribution is -2.55. The number of pyridine rings is 1. The molecule has 1 atom stereocenters. The number of hydrogen-bond acceptors (Lipinski definition) is 10. The summed E-state index contributed by atoms with van der Waals surface area (Å²) < 4.78 is 31.4. The van der Waals surface area contributed by atoms with Gasteiger partial charge in [-0.15, -0.1) is 0 Å². The average Bonchev–Trinajstić information content (AvgIpc) is 3.95. The summed E-state index contributed by atoms with van der Waals surface area (Å²) in [4.78, 5) is 38.3. The van der Waals surface area contributed by atoms with E-state index < -0.39 is 16.6 Å². The number of aromatic amines is 1. The van der Waals surface area contributed by atoms with Gasteiger partial charge in [-0.25, -0.2) is 9.37 Å². The normalized spacial score (nSPS) is 19.7. The van der Waals surface area contributed by atoms with Crippen LogP contribution in [0.4, 0.5) is 21.5 Å². The van der Waals surface area contributed by atoms with Gasteiger partial charge in [0.1, 0.15) is 17.1 Å². The lowest BCUT2D eigenvalue weighted by atomic mass is 9.59. The summed E-state index contributed by atoms with van der Waals surface area (Å²) >= 11 is 0.928. The van der Waals surface area contributed by atoms with Crippen molar-refractivity contribution < 1.29 is 23.6 Å². The van der Waals surface area contributed by atoms with E-state index >= 15 is 4.39 Å². The maximum Gasteiger partial charge on any atom is 0.293 e. The summed E-state index contributed by atoms with van der Waals surface area (Å²) in [6, 6.07) is 21.7. The van der Waals surface area contributed by atoms with Crippen LogP contribution in [0.15, 0.2) is 84.0 Å². The van der Waals surface area contributed by atoms with Gasteiger partial charge in [0.05, 0.1) is 22.4 Å². The molecule has 4 fully saturated rings. The maximum atomic E-state index is 16.9. The van der Waals surface area contributed by atoms with E-state index in [4.69, 9.17) is 9.47 Å². The van der Waals surface area contributed by atoms with Crippen LogP contribution in [0.2, 0.25) is 0 Å². The molecule has 5 heterocycles. The van der Waals surface area contributed by atoms with Gasteiger partial charge >= 0.3 is 0 Å². The smallest absolute Gasteiger partial charge is 0.293 e. The summed E-state index contributed by atoms with van der Waals surface area (Å²) in [5.41, 5.74) is 4.59. The second-order valence-corrected chi connectivity index (χ2v) is 18.5. The molecule has 3 aromatic carbocycles. The molecule has 1 unspecified atom stereocenters. The zero-order valence-electron chi connectivity index (χ0n) is 34.8. The first-order chi connectivity index (χ1) is 29.6. The lowest BCUT2D eigenvalue weighted by Gasteiger charge is -2.56. The Kier molecular flexibility index (Phi) is 11.9. The third-order valence-corrected chi connectivity index (χ3v) is 14.3. The zero-order valence-corrected chi connectivity index (χ0v) is 35.6. The van der Waals surface area contributed by atoms with E-state index in [1.807, 2.05) is 6.07 Å². The van der Waals surface area contributed by atoms with Crippen molar-refractivity contribution in [1.82, 2.24) is 19.6 Å². The number of carbonyl (C=O) groups is 1. The molecule has 3 aliphatic heterocycles. The third-order valence-electron chi connectivity index (χ3n) is 13.5. The maximum absolute atomic E-state index is 16.9. The fourth-order valence-corrected chi connectivity index (χ4v) is 10.7. The Morgan fingerprint density at radius 3 is 2.66 bits per heavy atom. The minimum atomic E-state index is -0.617. The van der Waals surface area contributed by atoms with E-state index in [1.165, 1.54) is 49.1 Å². The fourth-order valence-electron chi connectivity index (χ4n) is 10.1. The number of carbonyl (C=O) groups excluding carboxylic acids is 1. The van der Waals surface area contributed by atoms with Crippen LogP contribution < -0.4 is 19.7 Å². The van der Waals surface area contributed by atoms with Crippen LogP contribution in [0.1, 0.15) is 98.7 Å². The first kappa shape index (κ1) is 41.2. The van der Waals surface area contributed by atoms with Gasteiger partial charge in [-0.05, 0) is 135 Å². The number of H-pyrrole nitrogens is 1. The van der Waals surface area contributed by atoms with Crippen molar-refractivity contribution in [2.75, 3.05) is 49.6 Å². The van der Waals surface area contributed by atoms with Gasteiger partial charge in [-0.2, -0.15) is 0 Å². The van der Waals surface area contributed by atoms with E-state index in [-0.39, 0.29) is 22.4 Å². The number of aromatic nitrogens is 2. The molecular formula is C47H54FN7O5S. The zero-order chi connectivity index (χ0) is 42.1. The summed E-state index contributed by atoms with van der Waals surface area (Å²) in [6.45, 7) is 9.12. The van der Waals surface area contributed by atoms with Crippen molar-refractivity contribution in [3.63, 3.8) is 0 Å². The van der Waals surface area contributed by atoms with Gasteiger partial charge in [0.25, 0.3) is 11.6 Å². The van der Waals surface area contributed by atoms with Gasteiger partial charge < -0.3 is 24.7 Å². The first-order valence-electron chi connectivity index (χ1n) is 21.7. The number of nitrogens with one attached hydrogen (secondary N) is 3. The topological polar surface area (TPSA) is 138 Å². The minimum absolute atomic E-state index is 0.00156. The van der Waals surface area contributed by atoms with Gasteiger partial charge in [0.2, 0.25) is 0 Å². The van der Waals surface area contributed by atoms with Crippen LogP contribution in [-0.4, -0.2) is 71.1 Å². The molecule has 1 spiro atoms. The average molecular weight is 848 g/mol. The van der Waals surface area contributed by atoms with Crippen LogP contribution in [0.5, 0.6) is 11.5 Å². The molecule has 1 amide bonds. The molecule has 5 aromatic rings. The molecule has 1 aliphatic carbocycles. The molecule has 12 nitrogen and oxygen atoms in total. The molecule has 61 heavy (non-hydrogen) atoms. The van der Waals surface area contributed by atoms with E-state index in [0.29, 0.717) is 84.4 Å². The minimum Gasteiger partial charge on any atom is -0.452 e. The predicted molar refractivity (Wildman–Crippen MR) is 237 cm³/mol. The Morgan fingerprint density at radius 2 is 1.87 bits per heavy atom. The molecule has 320 valence electrons. The van der Waals surface area contributed by atoms with Crippen LogP contribution in [0.3, 0.4) is 0 Å². The Labute approximate surface area is 360 Å². The summed E-state index contributed by atoms with van der Waals surface area (Å²) in [7, 11) is 0. The first-order valence-corrected chi connectivity index (χ1v) is 22.6. The number of benzene rings is 3. The lowest BCUT2D eigenvalue weighted by molar-refractivity contribution is -0.384. The van der Waals surface area contributed by atoms with E-state index in [1.54, 1.807) is 36.5 Å². The second-order valence-electron chi connectivity index (χ2n) is 17.6. The van der Waals surface area contributed by atoms with Gasteiger partial charge in [-0.3, -0.25) is 24.5 Å². The molecule has 14 heteroatoms. The number of amides is 1. The number of anilines is 2. The highest BCUT2D eigenvalue weighted by Gasteiger charge is 2.50. The van der Waals surface area contributed by atoms with Crippen LogP contribution in [0, 0.1) is 27.3 Å². The van der Waals surface area contributed by atoms with Crippen molar-refractivity contribution in [3.8, 4) is 11.5 Å². The highest BCUT2D eigenvalue weighted by Crippen LogP contribution is 2.54. The van der Waals surface area contributed by atoms with E-state index in [9.17, 15) is 14.9 Å². The van der Waals surface area contributed by atoms with Crippen molar-refractivity contribution in [2.45, 2.75) is 88.1 Å². The standard InChI is InChI=1S/C47H54FN7O5S/c1-30(2)36-6-3-4-7-37(36)40-8-5-19-54(40)33-26-47(27-33)16-20-53(21-17-47)41-12-10-38(44(43(41)48)60-34-24-32-13-18-49-45(32)51-29-34)46(56)52-61-35-9-11-39(42(25-35)55(57)58)50-28-31-14-22-59-23-15-31/h3-4,6-7,9-13,18,24-25,29-31,33,40,50H,5,8,14-17,19-23,26-28H2,1-2H3,(H,49,51)(H,52,56). The van der Waals surface area contributed by atoms with Crippen molar-refractivity contribution in [3.05, 3.63) is 112 Å². The summed E-state index contributed by atoms with van der Waals surface area (Å²) in [5, 5.41) is 16.1.